The lowest BCUT2D eigenvalue weighted by Gasteiger charge is -2.34. The minimum Gasteiger partial charge on any atom is -0.481 e. The Kier molecular flexibility index (Phi) is 5.39. The number of urea groups is 1. The zero-order valence-electron chi connectivity index (χ0n) is 12.8. The van der Waals surface area contributed by atoms with Gasteiger partial charge in [0, 0.05) is 25.8 Å². The summed E-state index contributed by atoms with van der Waals surface area (Å²) in [6.07, 6.45) is 0.856. The monoisotopic (exact) mass is 286 g/mol. The Labute approximate surface area is 120 Å². The van der Waals surface area contributed by atoms with E-state index in [0.717, 1.165) is 0 Å². The molecule has 2 amide bonds. The maximum absolute atomic E-state index is 11.9. The van der Waals surface area contributed by atoms with E-state index in [4.69, 9.17) is 4.74 Å². The molecule has 3 N–H and O–H groups in total. The zero-order chi connectivity index (χ0) is 15.4. The molecule has 1 unspecified atom stereocenters. The Balaban J connectivity index is 2.52. The lowest BCUT2D eigenvalue weighted by molar-refractivity contribution is -0.154. The van der Waals surface area contributed by atoms with Gasteiger partial charge in [-0.25, -0.2) is 4.79 Å². The van der Waals surface area contributed by atoms with Crippen molar-refractivity contribution in [3.63, 3.8) is 0 Å². The van der Waals surface area contributed by atoms with Gasteiger partial charge in [0.1, 0.15) is 0 Å². The van der Waals surface area contributed by atoms with Crippen LogP contribution in [0.4, 0.5) is 4.79 Å². The molecule has 20 heavy (non-hydrogen) atoms. The van der Waals surface area contributed by atoms with Gasteiger partial charge >= 0.3 is 12.0 Å². The Hall–Kier alpha value is -1.30. The van der Waals surface area contributed by atoms with Crippen molar-refractivity contribution in [2.24, 2.45) is 10.8 Å². The summed E-state index contributed by atoms with van der Waals surface area (Å²) in [7, 11) is 0. The van der Waals surface area contributed by atoms with Gasteiger partial charge in [-0.15, -0.1) is 0 Å². The minimum atomic E-state index is -0.902. The summed E-state index contributed by atoms with van der Waals surface area (Å²) in [6.45, 7) is 9.02. The van der Waals surface area contributed by atoms with E-state index in [2.05, 4.69) is 10.6 Å². The molecule has 6 heteroatoms. The Morgan fingerprint density at radius 3 is 2.30 bits per heavy atom. The molecule has 116 valence electrons. The third kappa shape index (κ3) is 4.37. The lowest BCUT2D eigenvalue weighted by Crippen LogP contribution is -2.51. The zero-order valence-corrected chi connectivity index (χ0v) is 12.8. The Morgan fingerprint density at radius 1 is 1.30 bits per heavy atom. The van der Waals surface area contributed by atoms with Gasteiger partial charge < -0.3 is 20.5 Å². The van der Waals surface area contributed by atoms with Crippen LogP contribution in [-0.2, 0) is 9.53 Å². The second-order valence-corrected chi connectivity index (χ2v) is 6.61. The molecule has 1 fully saturated rings. The fourth-order valence-electron chi connectivity index (χ4n) is 1.94. The number of nitrogens with one attached hydrogen (secondary N) is 2. The van der Waals surface area contributed by atoms with Crippen molar-refractivity contribution >= 4 is 12.0 Å². The number of rotatable bonds is 4. The number of hydrogen-bond donors (Lipinski definition) is 3. The number of carboxylic acids is 1. The van der Waals surface area contributed by atoms with Crippen LogP contribution in [0.25, 0.3) is 0 Å². The topological polar surface area (TPSA) is 87.7 Å². The molecule has 0 saturated carbocycles. The average Bonchev–Trinajstić information content (AvgIpc) is 2.36. The summed E-state index contributed by atoms with van der Waals surface area (Å²) >= 11 is 0. The highest BCUT2D eigenvalue weighted by Gasteiger charge is 2.40. The molecule has 1 heterocycles. The fraction of sp³-hybridized carbons (Fsp3) is 0.857. The van der Waals surface area contributed by atoms with Crippen LogP contribution in [0, 0.1) is 10.8 Å². The van der Waals surface area contributed by atoms with Crippen LogP contribution in [0.5, 0.6) is 0 Å². The molecule has 0 aromatic heterocycles. The van der Waals surface area contributed by atoms with Gasteiger partial charge in [0.2, 0.25) is 0 Å². The maximum atomic E-state index is 11.9. The van der Waals surface area contributed by atoms with Gasteiger partial charge in [-0.2, -0.15) is 0 Å². The molecule has 0 aromatic carbocycles. The van der Waals surface area contributed by atoms with E-state index in [-0.39, 0.29) is 24.0 Å². The molecule has 0 spiro atoms. The summed E-state index contributed by atoms with van der Waals surface area (Å²) in [5, 5.41) is 14.9. The van der Waals surface area contributed by atoms with E-state index in [1.165, 1.54) is 0 Å². The number of carboxylic acid groups (broad SMARTS) is 1. The number of aliphatic carboxylic acids is 1. The smallest absolute Gasteiger partial charge is 0.315 e. The predicted molar refractivity (Wildman–Crippen MR) is 75.6 cm³/mol. The van der Waals surface area contributed by atoms with Crippen LogP contribution in [0.3, 0.4) is 0 Å². The van der Waals surface area contributed by atoms with Crippen molar-refractivity contribution in [2.45, 2.75) is 46.6 Å². The number of carbonyl (C=O) groups is 2. The molecule has 1 saturated heterocycles. The summed E-state index contributed by atoms with van der Waals surface area (Å²) in [6, 6.07) is -0.322. The Morgan fingerprint density at radius 2 is 1.85 bits per heavy atom. The van der Waals surface area contributed by atoms with Gasteiger partial charge in [0.15, 0.2) is 0 Å². The van der Waals surface area contributed by atoms with Crippen molar-refractivity contribution < 1.29 is 19.4 Å². The molecule has 0 radical (unpaired) electrons. The average molecular weight is 286 g/mol. The number of amides is 2. The quantitative estimate of drug-likeness (QED) is 0.732. The van der Waals surface area contributed by atoms with Crippen LogP contribution < -0.4 is 10.6 Å². The van der Waals surface area contributed by atoms with Crippen molar-refractivity contribution in [1.82, 2.24) is 10.6 Å². The molecule has 0 aliphatic carbocycles. The van der Waals surface area contributed by atoms with E-state index in [0.29, 0.717) is 26.1 Å². The van der Waals surface area contributed by atoms with E-state index >= 15 is 0 Å². The van der Waals surface area contributed by atoms with Crippen LogP contribution in [-0.4, -0.2) is 42.9 Å². The summed E-state index contributed by atoms with van der Waals surface area (Å²) in [5.41, 5.74) is -0.943. The first kappa shape index (κ1) is 16.8. The second kappa shape index (κ2) is 6.43. The van der Waals surface area contributed by atoms with Crippen molar-refractivity contribution in [3.8, 4) is 0 Å². The number of hydrogen-bond acceptors (Lipinski definition) is 3. The first-order valence-corrected chi connectivity index (χ1v) is 7.03. The van der Waals surface area contributed by atoms with Gasteiger partial charge in [-0.3, -0.25) is 4.79 Å². The predicted octanol–water partition coefficient (Wildman–Crippen LogP) is 1.60. The lowest BCUT2D eigenvalue weighted by atomic mass is 9.80. The molecular weight excluding hydrogens is 260 g/mol. The van der Waals surface area contributed by atoms with Crippen LogP contribution >= 0.6 is 0 Å². The fourth-order valence-corrected chi connectivity index (χ4v) is 1.94. The first-order chi connectivity index (χ1) is 9.17. The number of carbonyl (C=O) groups excluding carboxylic acids is 1. The normalized spacial score (nSPS) is 20.0. The molecular formula is C14H26N2O4. The largest absolute Gasteiger partial charge is 0.481 e. The van der Waals surface area contributed by atoms with Crippen LogP contribution in [0.15, 0.2) is 0 Å². The molecule has 6 nitrogen and oxygen atoms in total. The van der Waals surface area contributed by atoms with E-state index in [1.54, 1.807) is 0 Å². The van der Waals surface area contributed by atoms with Gasteiger partial charge in [0.25, 0.3) is 0 Å². The molecule has 1 rings (SSSR count). The molecule has 1 atom stereocenters. The van der Waals surface area contributed by atoms with Crippen molar-refractivity contribution in [1.29, 1.82) is 0 Å². The molecule has 0 aromatic rings. The van der Waals surface area contributed by atoms with E-state index in [9.17, 15) is 14.7 Å². The highest BCUT2D eigenvalue weighted by molar-refractivity contribution is 5.78. The SMILES string of the molecule is CC(NC(=O)NCC1(C(=O)O)CCOCC1)C(C)(C)C. The van der Waals surface area contributed by atoms with Crippen LogP contribution in [0.1, 0.15) is 40.5 Å². The first-order valence-electron chi connectivity index (χ1n) is 7.03. The molecule has 1 aliphatic rings. The number of ether oxygens (including phenoxy) is 1. The third-order valence-corrected chi connectivity index (χ3v) is 4.14. The van der Waals surface area contributed by atoms with E-state index in [1.807, 2.05) is 27.7 Å². The van der Waals surface area contributed by atoms with Crippen molar-refractivity contribution in [3.05, 3.63) is 0 Å². The third-order valence-electron chi connectivity index (χ3n) is 4.14. The molecule has 0 bridgehead atoms. The van der Waals surface area contributed by atoms with Crippen molar-refractivity contribution in [2.75, 3.05) is 19.8 Å². The summed E-state index contributed by atoms with van der Waals surface area (Å²) in [5.74, 6) is -0.870. The second-order valence-electron chi connectivity index (χ2n) is 6.61. The van der Waals surface area contributed by atoms with Gasteiger partial charge in [-0.1, -0.05) is 20.8 Å². The van der Waals surface area contributed by atoms with E-state index < -0.39 is 11.4 Å². The highest BCUT2D eigenvalue weighted by atomic mass is 16.5. The minimum absolute atomic E-state index is 0.00188. The highest BCUT2D eigenvalue weighted by Crippen LogP contribution is 2.30. The van der Waals surface area contributed by atoms with Gasteiger partial charge in [0.05, 0.1) is 5.41 Å². The molecule has 1 aliphatic heterocycles. The van der Waals surface area contributed by atoms with Gasteiger partial charge in [-0.05, 0) is 25.2 Å². The van der Waals surface area contributed by atoms with Crippen LogP contribution in [0.2, 0.25) is 0 Å². The summed E-state index contributed by atoms with van der Waals surface area (Å²) in [4.78, 5) is 23.3. The maximum Gasteiger partial charge on any atom is 0.315 e. The Bertz CT molecular complexity index is 357. The summed E-state index contributed by atoms with van der Waals surface area (Å²) < 4.78 is 5.20. The standard InChI is InChI=1S/C14H26N2O4/c1-10(13(2,3)4)16-12(19)15-9-14(11(17)18)5-7-20-8-6-14/h10H,5-9H2,1-4H3,(H,17,18)(H2,15,16,19).